The summed E-state index contributed by atoms with van der Waals surface area (Å²) in [6.45, 7) is -1.70. The molecular formula is C48H64N4Na4O20S4. The summed E-state index contributed by atoms with van der Waals surface area (Å²) in [5.74, 6) is -19.2. The largest absolute Gasteiger partial charge is 1.00 e. The predicted molar refractivity (Wildman–Crippen MR) is 271 cm³/mol. The van der Waals surface area contributed by atoms with Gasteiger partial charge in [0.2, 0.25) is 0 Å². The molecule has 8 bridgehead atoms. The maximum absolute atomic E-state index is 15.1. The first kappa shape index (κ1) is 76.8. The van der Waals surface area contributed by atoms with Gasteiger partial charge in [0.25, 0.3) is 40.5 Å². The molecule has 0 saturated heterocycles. The summed E-state index contributed by atoms with van der Waals surface area (Å²) in [6, 6.07) is 3.96. The molecular weight excluding hydrogens is 1170 g/mol. The topological polar surface area (TPSA) is 404 Å². The summed E-state index contributed by atoms with van der Waals surface area (Å²) >= 11 is 0. The van der Waals surface area contributed by atoms with Gasteiger partial charge in [-0.15, -0.1) is 11.5 Å². The predicted octanol–water partition coefficient (Wildman–Crippen LogP) is -11.0. The summed E-state index contributed by atoms with van der Waals surface area (Å²) in [4.78, 5) is 5.69. The van der Waals surface area contributed by atoms with Crippen LogP contribution in [0.1, 0.15) is 116 Å². The van der Waals surface area contributed by atoms with Crippen LogP contribution in [0.5, 0.6) is 46.0 Å². The van der Waals surface area contributed by atoms with E-state index in [-0.39, 0.29) is 130 Å². The minimum atomic E-state index is -4.98. The minimum absolute atomic E-state index is 0. The fraction of sp³-hybridized carbons (Fsp3) is 0.500. The minimum Gasteiger partial charge on any atom is -0.872 e. The van der Waals surface area contributed by atoms with Crippen molar-refractivity contribution in [2.75, 3.05) is 79.4 Å². The molecule has 4 aromatic rings. The molecule has 1 aliphatic rings. The summed E-state index contributed by atoms with van der Waals surface area (Å²) in [5.41, 5.74) is -5.47. The van der Waals surface area contributed by atoms with E-state index in [0.717, 1.165) is 24.3 Å². The van der Waals surface area contributed by atoms with Crippen molar-refractivity contribution < 1.29 is 211 Å². The van der Waals surface area contributed by atoms with E-state index < -0.39 is 240 Å². The van der Waals surface area contributed by atoms with E-state index in [1.807, 2.05) is 0 Å². The number of phenolic OH excluding ortho intramolecular Hbond substituents is 4. The fourth-order valence-corrected chi connectivity index (χ4v) is 12.1. The molecule has 8 N–H and O–H groups in total. The van der Waals surface area contributed by atoms with Crippen molar-refractivity contribution in [2.24, 2.45) is 0 Å². The number of hydrogen-bond acceptors (Lipinski definition) is 20. The standard InChI is InChI=1S/C48H68N4O20S4.4Na/c1-49(2)21-37-41(53)29-17-30(42(37)54)26(10-14-74(64,65)66)32-19-34(46(58)39(44(32)56)23-51(5)6)28(12-16-76(70,71)72)36-20-35(47(59)40(48(36)60)24-52(7)8)27(11-15-75(67,68)69)33-18-31(25(29)9-13-73(61,62)63)43(55)38(45(33)57)22-50(3)4;;;;/h17-20,25-28,53-60H,9-16,21-24H2,1-8H3,(H,61,62,63)(H,64,65,66)(H,67,68,69)(H,70,71,72);;;;/q;4*+1/p-4. The van der Waals surface area contributed by atoms with Crippen molar-refractivity contribution in [1.29, 1.82) is 0 Å². The second-order valence-corrected chi connectivity index (χ2v) is 26.6. The summed E-state index contributed by atoms with van der Waals surface area (Å²) < 4.78 is 142. The van der Waals surface area contributed by atoms with Gasteiger partial charge in [-0.25, -0.2) is 0 Å². The van der Waals surface area contributed by atoms with Crippen molar-refractivity contribution in [1.82, 2.24) is 19.6 Å². The van der Waals surface area contributed by atoms with E-state index in [2.05, 4.69) is 0 Å². The Labute approximate surface area is 556 Å². The van der Waals surface area contributed by atoms with Crippen LogP contribution in [0.4, 0.5) is 0 Å². The van der Waals surface area contributed by atoms with Gasteiger partial charge in [0.1, 0.15) is 23.0 Å². The maximum atomic E-state index is 15.1. The molecule has 0 radical (unpaired) electrons. The molecule has 5 rings (SSSR count). The van der Waals surface area contributed by atoms with Gasteiger partial charge < -0.3 is 60.5 Å². The Balaban J connectivity index is 0.00000800. The van der Waals surface area contributed by atoms with E-state index in [9.17, 15) is 72.3 Å². The normalized spacial score (nSPS) is 16.7. The van der Waals surface area contributed by atoms with Gasteiger partial charge in [-0.2, -0.15) is 33.7 Å². The van der Waals surface area contributed by atoms with E-state index in [1.54, 1.807) is 0 Å². The van der Waals surface area contributed by atoms with Crippen molar-refractivity contribution in [2.45, 2.75) is 75.5 Å². The van der Waals surface area contributed by atoms with E-state index in [1.165, 1.54) is 76.0 Å². The Bertz CT molecular complexity index is 2780. The van der Waals surface area contributed by atoms with Crippen LogP contribution in [0.3, 0.4) is 0 Å². The van der Waals surface area contributed by atoms with E-state index >= 15 is 20.4 Å². The molecule has 0 heterocycles. The molecule has 4 aromatic carbocycles. The van der Waals surface area contributed by atoms with Crippen LogP contribution < -0.4 is 139 Å². The smallest absolute Gasteiger partial charge is 0.872 e. The van der Waals surface area contributed by atoms with Crippen molar-refractivity contribution in [3.8, 4) is 46.0 Å². The third-order valence-electron chi connectivity index (χ3n) is 13.2. The number of phenols is 4. The molecule has 0 saturated carbocycles. The average molecular weight is 1240 g/mol. The molecule has 4 atom stereocenters. The van der Waals surface area contributed by atoms with E-state index in [0.29, 0.717) is 0 Å². The van der Waals surface area contributed by atoms with Gasteiger partial charge in [0.05, 0.1) is 28.6 Å². The summed E-state index contributed by atoms with van der Waals surface area (Å²) in [5, 5.41) is 110. The molecule has 24 nitrogen and oxygen atoms in total. The molecule has 32 heteroatoms. The molecule has 0 amide bonds. The first-order valence-corrected chi connectivity index (χ1v) is 29.9. The van der Waals surface area contributed by atoms with Crippen LogP contribution in [-0.2, 0) is 66.7 Å². The maximum Gasteiger partial charge on any atom is 1.00 e. The van der Waals surface area contributed by atoms with Gasteiger partial charge in [0, 0.05) is 83.2 Å². The average Bonchev–Trinajstić information content (AvgIpc) is 3.26. The first-order chi connectivity index (χ1) is 34.8. The zero-order valence-electron chi connectivity index (χ0n) is 47.0. The second kappa shape index (κ2) is 30.4. The molecule has 0 spiro atoms. The van der Waals surface area contributed by atoms with Crippen molar-refractivity contribution in [3.63, 3.8) is 0 Å². The number of rotatable bonds is 20. The SMILES string of the molecule is CN(C)Cc1c([O-])c2cc(c1[O-])C(CCS(=O)(=O)O)c1cc(c([O-])c(CN(C)C)c1O)C(CCS(=O)(=O)O)c1cc(c(O)c(CN(C)C)c1O)C(CCS(=O)(=O)O)c1cc(c(O)c(CN(C)C)c1[O-])C2CCS(=O)(=O)O.[Na+].[Na+].[Na+].[Na+]. The van der Waals surface area contributed by atoms with Crippen LogP contribution in [-0.4, -0.2) is 171 Å². The van der Waals surface area contributed by atoms with Crippen LogP contribution in [0, 0.1) is 0 Å². The molecule has 4 unspecified atom stereocenters. The van der Waals surface area contributed by atoms with Crippen LogP contribution in [0.2, 0.25) is 0 Å². The number of fused-ring (bicyclic) bond motifs is 8. The monoisotopic (exact) mass is 1240 g/mol. The number of hydrogen-bond donors (Lipinski definition) is 8. The fourth-order valence-electron chi connectivity index (χ4n) is 9.96. The van der Waals surface area contributed by atoms with Gasteiger partial charge >= 0.3 is 118 Å². The van der Waals surface area contributed by atoms with Crippen molar-refractivity contribution in [3.05, 3.63) is 91.0 Å². The Hall–Kier alpha value is -1.24. The van der Waals surface area contributed by atoms with Crippen LogP contribution in [0.15, 0.2) is 24.3 Å². The van der Waals surface area contributed by atoms with E-state index in [4.69, 9.17) is 0 Å². The Kier molecular flexibility index (Phi) is 29.2. The van der Waals surface area contributed by atoms with Crippen molar-refractivity contribution >= 4 is 40.5 Å². The first-order valence-electron chi connectivity index (χ1n) is 23.4. The van der Waals surface area contributed by atoms with Crippen LogP contribution >= 0.6 is 0 Å². The third kappa shape index (κ3) is 19.4. The second-order valence-electron chi connectivity index (χ2n) is 20.3. The third-order valence-corrected chi connectivity index (χ3v) is 16.2. The number of benzene rings is 4. The molecule has 0 aliphatic heterocycles. The zero-order chi connectivity index (χ0) is 57.5. The Morgan fingerprint density at radius 1 is 0.338 bits per heavy atom. The zero-order valence-corrected chi connectivity index (χ0v) is 58.3. The Morgan fingerprint density at radius 3 is 0.738 bits per heavy atom. The molecule has 0 aromatic heterocycles. The van der Waals surface area contributed by atoms with Crippen LogP contribution in [0.25, 0.3) is 0 Å². The number of aromatic hydroxyl groups is 4. The van der Waals surface area contributed by atoms with Gasteiger partial charge in [0.15, 0.2) is 0 Å². The molecule has 80 heavy (non-hydrogen) atoms. The molecule has 1 aliphatic carbocycles. The van der Waals surface area contributed by atoms with Gasteiger partial charge in [-0.05, 0) is 116 Å². The quantitative estimate of drug-likeness (QED) is 0.0301. The summed E-state index contributed by atoms with van der Waals surface area (Å²) in [7, 11) is -8.02. The Morgan fingerprint density at radius 2 is 0.512 bits per heavy atom. The van der Waals surface area contributed by atoms with Gasteiger partial charge in [-0.1, -0.05) is 29.7 Å². The van der Waals surface area contributed by atoms with Gasteiger partial charge in [-0.3, -0.25) is 18.2 Å². The number of nitrogens with zero attached hydrogens (tertiary/aromatic N) is 4. The molecule has 0 fully saturated rings. The molecule has 424 valence electrons. The summed E-state index contributed by atoms with van der Waals surface area (Å²) in [6.07, 6.45) is -3.21.